The lowest BCUT2D eigenvalue weighted by Crippen LogP contribution is -2.46. The number of amides is 1. The van der Waals surface area contributed by atoms with Gasteiger partial charge in [-0.25, -0.2) is 0 Å². The van der Waals surface area contributed by atoms with Crippen molar-refractivity contribution >= 4 is 5.91 Å². The van der Waals surface area contributed by atoms with Crippen molar-refractivity contribution in [3.8, 4) is 0 Å². The lowest BCUT2D eigenvalue weighted by Gasteiger charge is -2.26. The third-order valence-electron chi connectivity index (χ3n) is 17.7. The van der Waals surface area contributed by atoms with Gasteiger partial charge in [0.2, 0.25) is 5.91 Å². The maximum absolute atomic E-state index is 12.4. The van der Waals surface area contributed by atoms with Gasteiger partial charge in [0.05, 0.1) is 26.4 Å². The smallest absolute Gasteiger partial charge is 0.249 e. The minimum absolute atomic E-state index is 0.333. The molecule has 0 fully saturated rings. The van der Waals surface area contributed by atoms with E-state index in [1.165, 1.54) is 327 Å². The predicted molar refractivity (Wildman–Crippen MR) is 404 cm³/mol. The molecule has 1 amide bonds. The number of primary amides is 1. The minimum Gasteiger partial charge on any atom is -0.388 e. The average molecular weight is 1300 g/mol. The molecular formula is C83H162N2O7. The van der Waals surface area contributed by atoms with Crippen LogP contribution in [0, 0.1) is 0 Å². The van der Waals surface area contributed by atoms with E-state index in [1.807, 2.05) is 14.1 Å². The van der Waals surface area contributed by atoms with Gasteiger partial charge in [0.1, 0.15) is 12.2 Å². The van der Waals surface area contributed by atoms with Gasteiger partial charge in [0, 0.05) is 33.0 Å². The fourth-order valence-corrected chi connectivity index (χ4v) is 11.6. The number of allylic oxidation sites excluding steroid dienone is 8. The van der Waals surface area contributed by atoms with E-state index in [2.05, 4.69) is 81.2 Å². The monoisotopic (exact) mass is 1300 g/mol. The molecule has 2 atom stereocenters. The van der Waals surface area contributed by atoms with E-state index in [0.29, 0.717) is 39.6 Å². The van der Waals surface area contributed by atoms with E-state index < -0.39 is 24.2 Å². The molecule has 0 aromatic heterocycles. The Balaban J connectivity index is 0. The summed E-state index contributed by atoms with van der Waals surface area (Å²) < 4.78 is 29.4. The van der Waals surface area contributed by atoms with Gasteiger partial charge in [-0.3, -0.25) is 4.79 Å². The van der Waals surface area contributed by atoms with Crippen LogP contribution >= 0.6 is 0 Å². The second kappa shape index (κ2) is 83.4. The highest BCUT2D eigenvalue weighted by molar-refractivity contribution is 5.79. The van der Waals surface area contributed by atoms with Gasteiger partial charge in [-0.1, -0.05) is 307 Å². The van der Waals surface area contributed by atoms with E-state index in [-0.39, 0.29) is 0 Å². The lowest BCUT2D eigenvalue weighted by molar-refractivity contribution is -0.148. The Labute approximate surface area is 575 Å². The lowest BCUT2D eigenvalue weighted by atomic mass is 10.1. The highest BCUT2D eigenvalue weighted by atomic mass is 16.6. The average Bonchev–Trinajstić information content (AvgIpc) is 3.75. The molecule has 2 unspecified atom stereocenters. The van der Waals surface area contributed by atoms with E-state index in [0.717, 1.165) is 51.9 Å². The topological polar surface area (TPSA) is 113 Å². The summed E-state index contributed by atoms with van der Waals surface area (Å²) in [6, 6.07) is 0. The first-order valence-electron chi connectivity index (χ1n) is 40.5. The quantitative estimate of drug-likeness (QED) is 0.0457. The Morgan fingerprint density at radius 1 is 0.315 bits per heavy atom. The summed E-state index contributed by atoms with van der Waals surface area (Å²) in [5.41, 5.74) is 5.79. The molecule has 0 aromatic carbocycles. The molecule has 0 aromatic rings. The minimum atomic E-state index is -0.778. The first-order valence-corrected chi connectivity index (χ1v) is 40.5. The molecule has 0 rings (SSSR count). The zero-order valence-electron chi connectivity index (χ0n) is 62.7. The molecule has 0 aliphatic rings. The van der Waals surface area contributed by atoms with E-state index in [4.69, 9.17) is 29.4 Å². The van der Waals surface area contributed by atoms with E-state index in [1.54, 1.807) is 0 Å². The van der Waals surface area contributed by atoms with Gasteiger partial charge >= 0.3 is 0 Å². The summed E-state index contributed by atoms with van der Waals surface area (Å²) in [4.78, 5) is 14.4. The number of ether oxygens (including phenoxy) is 5. The zero-order chi connectivity index (χ0) is 67.0. The molecule has 0 saturated heterocycles. The summed E-state index contributed by atoms with van der Waals surface area (Å²) >= 11 is 0. The van der Waals surface area contributed by atoms with Gasteiger partial charge in [0.25, 0.3) is 0 Å². The largest absolute Gasteiger partial charge is 0.388 e. The van der Waals surface area contributed by atoms with Crippen molar-refractivity contribution in [2.45, 2.75) is 406 Å². The number of rotatable bonds is 77. The third-order valence-corrected chi connectivity index (χ3v) is 17.7. The number of likely N-dealkylation sites (N-methyl/N-ethyl adjacent to an activating group) is 1. The van der Waals surface area contributed by atoms with Crippen LogP contribution in [0.25, 0.3) is 0 Å². The number of carbonyl (C=O) groups is 1. The van der Waals surface area contributed by atoms with Crippen LogP contribution in [0.1, 0.15) is 387 Å². The van der Waals surface area contributed by atoms with Crippen molar-refractivity contribution in [3.63, 3.8) is 0 Å². The fraction of sp³-hybridized carbons (Fsp3) is 0.892. The molecule has 0 saturated carbocycles. The molecule has 92 heavy (non-hydrogen) atoms. The number of hydrogen-bond acceptors (Lipinski definition) is 8. The Hall–Kier alpha value is -1.85. The molecule has 0 bridgehead atoms. The van der Waals surface area contributed by atoms with Crippen LogP contribution in [0.4, 0.5) is 0 Å². The number of aliphatic hydroxyl groups is 1. The normalized spacial score (nSPS) is 12.8. The van der Waals surface area contributed by atoms with E-state index in [9.17, 15) is 9.90 Å². The first-order chi connectivity index (χ1) is 45.3. The van der Waals surface area contributed by atoms with E-state index >= 15 is 0 Å². The van der Waals surface area contributed by atoms with Crippen LogP contribution in [0.5, 0.6) is 0 Å². The predicted octanol–water partition coefficient (Wildman–Crippen LogP) is 24.4. The van der Waals surface area contributed by atoms with Crippen LogP contribution in [-0.4, -0.2) is 108 Å². The number of nitrogens with zero attached hydrogens (tertiary/aromatic N) is 1. The highest BCUT2D eigenvalue weighted by Crippen LogP contribution is 2.17. The van der Waals surface area contributed by atoms with Gasteiger partial charge < -0.3 is 39.4 Å². The number of nitrogens with two attached hydrogens (primary N) is 1. The molecule has 0 aliphatic heterocycles. The molecule has 0 aliphatic carbocycles. The molecule has 546 valence electrons. The van der Waals surface area contributed by atoms with Gasteiger partial charge in [-0.15, -0.1) is 0 Å². The molecule has 9 heteroatoms. The van der Waals surface area contributed by atoms with Crippen molar-refractivity contribution in [3.05, 3.63) is 48.6 Å². The Bertz CT molecular complexity index is 1440. The van der Waals surface area contributed by atoms with Crippen LogP contribution < -0.4 is 5.73 Å². The van der Waals surface area contributed by atoms with Crippen molar-refractivity contribution in [1.29, 1.82) is 0 Å². The van der Waals surface area contributed by atoms with Crippen molar-refractivity contribution in [1.82, 2.24) is 4.90 Å². The molecular weight excluding hydrogens is 1140 g/mol. The standard InChI is InChI=1S/C44H86N2O4.C39H76O3/c1-5-7-9-11-13-15-17-19-21-23-25-27-29-31-33-35-38-48-41-42(49-40-37-46(3)4)43(44(45)47)50-39-36-34-32-30-28-26-24-22-20-18-16-14-12-10-8-6-2;1-3-5-7-9-11-13-15-17-19-21-23-25-27-29-31-33-35-41-37-39(40)38-42-36-34-32-30-28-26-24-22-20-18-16-14-12-10-8-6-4-2/h19-22,42-43H,5-18,23-41H2,1-4H3,(H2,45,47);17-20,39-40H,3-16,21-38H2,1-2H3/b21-19-,22-20-;19-17-,20-18-. The summed E-state index contributed by atoms with van der Waals surface area (Å²) in [7, 11) is 4.03. The summed E-state index contributed by atoms with van der Waals surface area (Å²) in [6.07, 6.45) is 90.1. The maximum Gasteiger partial charge on any atom is 0.249 e. The number of carbonyl (C=O) groups excluding carboxylic acids is 1. The van der Waals surface area contributed by atoms with Crippen LogP contribution in [0.3, 0.4) is 0 Å². The van der Waals surface area contributed by atoms with Crippen molar-refractivity contribution in [2.24, 2.45) is 5.73 Å². The van der Waals surface area contributed by atoms with Crippen LogP contribution in [0.15, 0.2) is 48.6 Å². The van der Waals surface area contributed by atoms with Crippen molar-refractivity contribution in [2.75, 3.05) is 73.5 Å². The fourth-order valence-electron chi connectivity index (χ4n) is 11.6. The number of aliphatic hydroxyl groups excluding tert-OH is 1. The molecule has 0 radical (unpaired) electrons. The Morgan fingerprint density at radius 3 is 0.793 bits per heavy atom. The number of unbranched alkanes of at least 4 members (excludes halogenated alkanes) is 48. The number of hydrogen-bond donors (Lipinski definition) is 2. The maximum atomic E-state index is 12.4. The second-order valence-electron chi connectivity index (χ2n) is 27.5. The third kappa shape index (κ3) is 80.6. The summed E-state index contributed by atoms with van der Waals surface area (Å²) in [5.74, 6) is -0.467. The second-order valence-corrected chi connectivity index (χ2v) is 27.5. The molecule has 0 spiro atoms. The SMILES string of the molecule is CCCCCCCC/C=C\CCCCCCCCOCC(O)COCCCCCCCC/C=C\CCCCCCCC.CCCCCCCC/C=C\CCCCCCCCOCC(OCCN(C)C)C(OCCCCCCCC/C=C\CCCCCCCC)C(N)=O. The summed E-state index contributed by atoms with van der Waals surface area (Å²) in [6.45, 7) is 14.2. The molecule has 3 N–H and O–H groups in total. The van der Waals surface area contributed by atoms with Crippen LogP contribution in [0.2, 0.25) is 0 Å². The zero-order valence-corrected chi connectivity index (χ0v) is 62.7. The van der Waals surface area contributed by atoms with Gasteiger partial charge in [-0.2, -0.15) is 0 Å². The highest BCUT2D eigenvalue weighted by Gasteiger charge is 2.29. The molecule has 0 heterocycles. The van der Waals surface area contributed by atoms with Crippen molar-refractivity contribution < 1.29 is 33.6 Å². The first kappa shape index (κ1) is 92.2. The van der Waals surface area contributed by atoms with Gasteiger partial charge in [-0.05, 0) is 143 Å². The summed E-state index contributed by atoms with van der Waals surface area (Å²) in [5, 5.41) is 10.1. The molecule has 9 nitrogen and oxygen atoms in total. The van der Waals surface area contributed by atoms with Crippen LogP contribution in [-0.2, 0) is 28.5 Å². The Kier molecular flexibility index (Phi) is 83.6. The Morgan fingerprint density at radius 2 is 0.543 bits per heavy atom. The van der Waals surface area contributed by atoms with Gasteiger partial charge in [0.15, 0.2) is 6.10 Å².